The summed E-state index contributed by atoms with van der Waals surface area (Å²) in [6, 6.07) is 12.0. The second-order valence-corrected chi connectivity index (χ2v) is 5.75. The van der Waals surface area contributed by atoms with Crippen molar-refractivity contribution in [3.63, 3.8) is 0 Å². The number of nitrogens with two attached hydrogens (primary N) is 1. The van der Waals surface area contributed by atoms with Crippen molar-refractivity contribution in [2.24, 2.45) is 0 Å². The van der Waals surface area contributed by atoms with Crippen molar-refractivity contribution in [3.05, 3.63) is 72.1 Å². The molecular formula is C19H13FN6O. The number of nitrogens with zero attached hydrogens (tertiary/aromatic N) is 5. The molecule has 0 unspecified atom stereocenters. The molecule has 0 spiro atoms. The van der Waals surface area contributed by atoms with Gasteiger partial charge in [0.2, 0.25) is 0 Å². The van der Waals surface area contributed by atoms with E-state index in [9.17, 15) is 4.39 Å². The van der Waals surface area contributed by atoms with Crippen LogP contribution in [0, 0.1) is 17.1 Å². The Kier molecular flexibility index (Phi) is 4.10. The van der Waals surface area contributed by atoms with Crippen LogP contribution in [0.25, 0.3) is 16.6 Å². The van der Waals surface area contributed by atoms with Crippen LogP contribution >= 0.6 is 0 Å². The standard InChI is InChI=1S/C19H13FN6O/c20-14-8-17(26-5-1-4-24-26)16(23-10-14)11-27-18-7-13-6-12(9-21)2-3-15(13)25-19(18)22/h1-8,10H,11H2,(H2,22,25). The molecule has 3 heterocycles. The van der Waals surface area contributed by atoms with Crippen LogP contribution < -0.4 is 10.5 Å². The van der Waals surface area contributed by atoms with E-state index < -0.39 is 5.82 Å². The molecule has 8 heteroatoms. The van der Waals surface area contributed by atoms with Crippen LogP contribution in [0.3, 0.4) is 0 Å². The lowest BCUT2D eigenvalue weighted by Gasteiger charge is -2.12. The van der Waals surface area contributed by atoms with E-state index in [1.54, 1.807) is 42.7 Å². The van der Waals surface area contributed by atoms with Gasteiger partial charge in [-0.15, -0.1) is 0 Å². The van der Waals surface area contributed by atoms with E-state index in [1.165, 1.54) is 10.7 Å². The fraction of sp³-hybridized carbons (Fsp3) is 0.0526. The summed E-state index contributed by atoms with van der Waals surface area (Å²) in [6.07, 6.45) is 4.40. The zero-order chi connectivity index (χ0) is 18.8. The number of anilines is 1. The lowest BCUT2D eigenvalue weighted by molar-refractivity contribution is 0.301. The van der Waals surface area contributed by atoms with Crippen LogP contribution in [0.5, 0.6) is 5.75 Å². The number of hydrogen-bond donors (Lipinski definition) is 1. The molecule has 2 N–H and O–H groups in total. The van der Waals surface area contributed by atoms with Crippen molar-refractivity contribution in [2.75, 3.05) is 5.73 Å². The van der Waals surface area contributed by atoms with Crippen molar-refractivity contribution in [1.82, 2.24) is 19.7 Å². The monoisotopic (exact) mass is 360 g/mol. The van der Waals surface area contributed by atoms with E-state index in [1.807, 2.05) is 0 Å². The molecule has 0 saturated carbocycles. The predicted molar refractivity (Wildman–Crippen MR) is 96.5 cm³/mol. The van der Waals surface area contributed by atoms with Gasteiger partial charge in [-0.25, -0.2) is 14.1 Å². The number of nitrogen functional groups attached to an aromatic ring is 1. The van der Waals surface area contributed by atoms with Crippen molar-refractivity contribution in [1.29, 1.82) is 5.26 Å². The zero-order valence-electron chi connectivity index (χ0n) is 14.0. The number of halogens is 1. The molecule has 0 aliphatic rings. The van der Waals surface area contributed by atoms with Crippen molar-refractivity contribution in [3.8, 4) is 17.5 Å². The van der Waals surface area contributed by atoms with Crippen LogP contribution in [-0.4, -0.2) is 19.7 Å². The molecular weight excluding hydrogens is 347 g/mol. The third kappa shape index (κ3) is 3.26. The highest BCUT2D eigenvalue weighted by molar-refractivity contribution is 5.83. The number of aromatic nitrogens is 4. The minimum Gasteiger partial charge on any atom is -0.483 e. The molecule has 1 aromatic carbocycles. The third-order valence-corrected chi connectivity index (χ3v) is 3.97. The molecule has 0 atom stereocenters. The Bertz CT molecular complexity index is 1170. The lowest BCUT2D eigenvalue weighted by Crippen LogP contribution is -2.08. The largest absolute Gasteiger partial charge is 0.483 e. The Balaban J connectivity index is 1.66. The molecule has 0 saturated heterocycles. The smallest absolute Gasteiger partial charge is 0.166 e. The highest BCUT2D eigenvalue weighted by Crippen LogP contribution is 2.27. The first-order valence-electron chi connectivity index (χ1n) is 8.01. The van der Waals surface area contributed by atoms with Gasteiger partial charge in [-0.2, -0.15) is 10.4 Å². The second kappa shape index (κ2) is 6.72. The third-order valence-electron chi connectivity index (χ3n) is 3.97. The molecule has 0 aliphatic carbocycles. The van der Waals surface area contributed by atoms with Gasteiger partial charge in [-0.05, 0) is 30.3 Å². The molecule has 4 aromatic rings. The summed E-state index contributed by atoms with van der Waals surface area (Å²) in [4.78, 5) is 8.40. The number of ether oxygens (including phenoxy) is 1. The van der Waals surface area contributed by atoms with Crippen molar-refractivity contribution < 1.29 is 9.13 Å². The van der Waals surface area contributed by atoms with Gasteiger partial charge in [0.15, 0.2) is 11.6 Å². The Labute approximate surface area is 153 Å². The van der Waals surface area contributed by atoms with Gasteiger partial charge >= 0.3 is 0 Å². The van der Waals surface area contributed by atoms with Gasteiger partial charge < -0.3 is 10.5 Å². The Morgan fingerprint density at radius 2 is 2.15 bits per heavy atom. The summed E-state index contributed by atoms with van der Waals surface area (Å²) in [5, 5.41) is 13.9. The van der Waals surface area contributed by atoms with Gasteiger partial charge in [-0.1, -0.05) is 0 Å². The summed E-state index contributed by atoms with van der Waals surface area (Å²) >= 11 is 0. The first-order valence-corrected chi connectivity index (χ1v) is 8.01. The number of benzene rings is 1. The molecule has 7 nitrogen and oxygen atoms in total. The van der Waals surface area contributed by atoms with Gasteiger partial charge in [0.05, 0.1) is 29.0 Å². The Hall–Kier alpha value is -3.99. The molecule has 0 fully saturated rings. The Morgan fingerprint density at radius 3 is 2.93 bits per heavy atom. The van der Waals surface area contributed by atoms with E-state index in [0.29, 0.717) is 28.2 Å². The van der Waals surface area contributed by atoms with Crippen LogP contribution in [0.2, 0.25) is 0 Å². The minimum absolute atomic E-state index is 0.0464. The number of rotatable bonds is 4. The Morgan fingerprint density at radius 1 is 1.26 bits per heavy atom. The number of fused-ring (bicyclic) bond motifs is 1. The molecule has 27 heavy (non-hydrogen) atoms. The van der Waals surface area contributed by atoms with E-state index >= 15 is 0 Å². The molecule has 4 rings (SSSR count). The van der Waals surface area contributed by atoms with E-state index in [0.717, 1.165) is 11.6 Å². The summed E-state index contributed by atoms with van der Waals surface area (Å²) in [5.41, 5.74) is 8.12. The van der Waals surface area contributed by atoms with Gasteiger partial charge in [-0.3, -0.25) is 4.98 Å². The molecule has 132 valence electrons. The maximum absolute atomic E-state index is 13.6. The maximum atomic E-state index is 13.6. The van der Waals surface area contributed by atoms with Crippen molar-refractivity contribution >= 4 is 16.7 Å². The predicted octanol–water partition coefficient (Wildman–Crippen LogP) is 2.99. The van der Waals surface area contributed by atoms with Crippen LogP contribution in [-0.2, 0) is 6.61 Å². The van der Waals surface area contributed by atoms with Gasteiger partial charge in [0, 0.05) is 23.8 Å². The fourth-order valence-corrected chi connectivity index (χ4v) is 2.68. The first kappa shape index (κ1) is 16.5. The summed E-state index contributed by atoms with van der Waals surface area (Å²) in [6.45, 7) is 0.0464. The van der Waals surface area contributed by atoms with Gasteiger partial charge in [0.25, 0.3) is 0 Å². The molecule has 3 aromatic heterocycles. The summed E-state index contributed by atoms with van der Waals surface area (Å²) < 4.78 is 20.9. The topological polar surface area (TPSA) is 103 Å². The second-order valence-electron chi connectivity index (χ2n) is 5.75. The average molecular weight is 360 g/mol. The highest BCUT2D eigenvalue weighted by Gasteiger charge is 2.12. The SMILES string of the molecule is N#Cc1ccc2nc(N)c(OCc3ncc(F)cc3-n3cccn3)cc2c1. The van der Waals surface area contributed by atoms with Crippen LogP contribution in [0.1, 0.15) is 11.3 Å². The zero-order valence-corrected chi connectivity index (χ0v) is 14.0. The quantitative estimate of drug-likeness (QED) is 0.600. The van der Waals surface area contributed by atoms with Crippen LogP contribution in [0.15, 0.2) is 55.0 Å². The number of hydrogen-bond acceptors (Lipinski definition) is 6. The van der Waals surface area contributed by atoms with Crippen molar-refractivity contribution in [2.45, 2.75) is 6.61 Å². The molecule has 0 amide bonds. The average Bonchev–Trinajstić information content (AvgIpc) is 3.21. The normalized spacial score (nSPS) is 10.7. The minimum atomic E-state index is -0.472. The molecule has 0 aliphatic heterocycles. The molecule has 0 radical (unpaired) electrons. The number of nitriles is 1. The van der Waals surface area contributed by atoms with Crippen LogP contribution in [0.4, 0.5) is 10.2 Å². The van der Waals surface area contributed by atoms with Gasteiger partial charge in [0.1, 0.15) is 18.1 Å². The fourth-order valence-electron chi connectivity index (χ4n) is 2.68. The maximum Gasteiger partial charge on any atom is 0.166 e. The molecule has 0 bridgehead atoms. The summed E-state index contributed by atoms with van der Waals surface area (Å²) in [7, 11) is 0. The highest BCUT2D eigenvalue weighted by atomic mass is 19.1. The first-order chi connectivity index (χ1) is 13.1. The number of pyridine rings is 2. The van der Waals surface area contributed by atoms with E-state index in [4.69, 9.17) is 15.7 Å². The van der Waals surface area contributed by atoms with E-state index in [-0.39, 0.29) is 12.4 Å². The summed E-state index contributed by atoms with van der Waals surface area (Å²) in [5.74, 6) is 0.102. The van der Waals surface area contributed by atoms with E-state index in [2.05, 4.69) is 21.1 Å². The lowest BCUT2D eigenvalue weighted by atomic mass is 10.1.